The first kappa shape index (κ1) is 11.8. The maximum Gasteiger partial charge on any atom is 0.317 e. The van der Waals surface area contributed by atoms with Gasteiger partial charge in [0.25, 0.3) is 5.69 Å². The Hall–Kier alpha value is -2.22. The third-order valence-electron chi connectivity index (χ3n) is 1.37. The number of phenolic OH excluding ortho intramolecular Hbond substituents is 1. The van der Waals surface area contributed by atoms with Crippen molar-refractivity contribution in [2.75, 3.05) is 0 Å². The highest BCUT2D eigenvalue weighted by Gasteiger charge is 2.18. The topological polar surface area (TPSA) is 135 Å². The van der Waals surface area contributed by atoms with E-state index in [0.717, 1.165) is 12.1 Å². The van der Waals surface area contributed by atoms with Gasteiger partial charge in [0.2, 0.25) is 0 Å². The van der Waals surface area contributed by atoms with Gasteiger partial charge in [0.05, 0.1) is 15.9 Å². The number of hydrogen-bond acceptors (Lipinski definition) is 5. The van der Waals surface area contributed by atoms with Gasteiger partial charge in [0, 0.05) is 11.5 Å². The molecule has 8 heteroatoms. The third-order valence-corrected chi connectivity index (χ3v) is 1.37. The summed E-state index contributed by atoms with van der Waals surface area (Å²) in [5.41, 5.74) is -1.10. The molecular formula is C6H4N2O6. The fourth-order valence-corrected chi connectivity index (χ4v) is 0.772. The summed E-state index contributed by atoms with van der Waals surface area (Å²) in [7, 11) is 0. The Balaban J connectivity index is 0.00000169. The van der Waals surface area contributed by atoms with E-state index in [1.54, 1.807) is 0 Å². The summed E-state index contributed by atoms with van der Waals surface area (Å²) in [5, 5.41) is 29.3. The van der Waals surface area contributed by atoms with Crippen molar-refractivity contribution in [2.45, 2.75) is 0 Å². The van der Waals surface area contributed by atoms with E-state index < -0.39 is 27.0 Å². The predicted molar refractivity (Wildman–Crippen MR) is 42.1 cm³/mol. The van der Waals surface area contributed by atoms with E-state index in [-0.39, 0.29) is 5.48 Å². The highest BCUT2D eigenvalue weighted by atomic mass is 16.6. The third kappa shape index (κ3) is 2.14. The Morgan fingerprint density at radius 2 is 1.71 bits per heavy atom. The molecule has 8 nitrogen and oxygen atoms in total. The van der Waals surface area contributed by atoms with E-state index in [1.807, 2.05) is 0 Å². The second kappa shape index (κ2) is 4.14. The Bertz CT molecular complexity index is 377. The molecule has 0 atom stereocenters. The minimum absolute atomic E-state index is 0. The summed E-state index contributed by atoms with van der Waals surface area (Å²) in [6.45, 7) is 0. The van der Waals surface area contributed by atoms with Crippen LogP contribution in [0.1, 0.15) is 0 Å². The van der Waals surface area contributed by atoms with Crippen LogP contribution < -0.4 is 0 Å². The van der Waals surface area contributed by atoms with Crippen LogP contribution in [0.4, 0.5) is 11.4 Å². The summed E-state index contributed by atoms with van der Waals surface area (Å²) in [4.78, 5) is 18.7. The number of nitrogens with zero attached hydrogens (tertiary/aromatic N) is 2. The molecule has 0 unspecified atom stereocenters. The molecule has 0 aromatic heterocycles. The Kier molecular flexibility index (Phi) is 3.48. The van der Waals surface area contributed by atoms with Gasteiger partial charge in [-0.1, -0.05) is 0 Å². The van der Waals surface area contributed by atoms with Gasteiger partial charge < -0.3 is 5.11 Å². The van der Waals surface area contributed by atoms with Crippen LogP contribution >= 0.6 is 0 Å². The standard InChI is InChI=1S/C6H4N2O5.O/c9-6-2-1-4(7(10)11)3-5(6)8(12)13;/h1-3,9H;. The van der Waals surface area contributed by atoms with Gasteiger partial charge in [-0.3, -0.25) is 20.2 Å². The van der Waals surface area contributed by atoms with E-state index in [9.17, 15) is 20.2 Å². The zero-order valence-corrected chi connectivity index (χ0v) is 6.61. The fourth-order valence-electron chi connectivity index (χ4n) is 0.772. The maximum atomic E-state index is 10.2. The van der Waals surface area contributed by atoms with E-state index in [1.165, 1.54) is 0 Å². The average molecular weight is 200 g/mol. The SMILES string of the molecule is O=[N+]([O-])c1ccc(O)c([N+](=O)[O-])c1.[O]. The van der Waals surface area contributed by atoms with Gasteiger partial charge in [-0.15, -0.1) is 0 Å². The van der Waals surface area contributed by atoms with Crippen LogP contribution in [0.15, 0.2) is 18.2 Å². The lowest BCUT2D eigenvalue weighted by molar-refractivity contribution is -0.394. The number of phenols is 1. The molecule has 0 aliphatic carbocycles. The van der Waals surface area contributed by atoms with Crippen molar-refractivity contribution in [3.05, 3.63) is 38.4 Å². The highest BCUT2D eigenvalue weighted by molar-refractivity contribution is 5.52. The van der Waals surface area contributed by atoms with Crippen LogP contribution in [-0.2, 0) is 5.48 Å². The van der Waals surface area contributed by atoms with Crippen LogP contribution in [0, 0.1) is 20.2 Å². The zero-order valence-electron chi connectivity index (χ0n) is 6.61. The van der Waals surface area contributed by atoms with Gasteiger partial charge in [-0.2, -0.15) is 0 Å². The van der Waals surface area contributed by atoms with E-state index in [0.29, 0.717) is 6.07 Å². The molecule has 1 aromatic rings. The monoisotopic (exact) mass is 200 g/mol. The summed E-state index contributed by atoms with van der Waals surface area (Å²) >= 11 is 0. The lowest BCUT2D eigenvalue weighted by Crippen LogP contribution is -1.92. The van der Waals surface area contributed by atoms with E-state index in [4.69, 9.17) is 5.11 Å². The lowest BCUT2D eigenvalue weighted by atomic mass is 10.2. The molecule has 74 valence electrons. The highest BCUT2D eigenvalue weighted by Crippen LogP contribution is 2.29. The molecule has 1 rings (SSSR count). The second-order valence-corrected chi connectivity index (χ2v) is 2.19. The number of rotatable bonds is 2. The summed E-state index contributed by atoms with van der Waals surface area (Å²) in [5.74, 6) is -0.587. The normalized spacial score (nSPS) is 8.86. The molecule has 0 saturated carbocycles. The van der Waals surface area contributed by atoms with Crippen LogP contribution in [0.25, 0.3) is 0 Å². The maximum absolute atomic E-state index is 10.2. The van der Waals surface area contributed by atoms with Gasteiger partial charge in [-0.05, 0) is 6.07 Å². The van der Waals surface area contributed by atoms with Crippen molar-refractivity contribution in [1.29, 1.82) is 0 Å². The van der Waals surface area contributed by atoms with Gasteiger partial charge in [0.1, 0.15) is 0 Å². The van der Waals surface area contributed by atoms with Crippen molar-refractivity contribution < 1.29 is 20.4 Å². The minimum atomic E-state index is -0.887. The first-order chi connectivity index (χ1) is 6.02. The molecule has 0 aliphatic rings. The number of non-ortho nitro benzene ring substituents is 1. The van der Waals surface area contributed by atoms with Crippen molar-refractivity contribution >= 4 is 11.4 Å². The molecule has 0 fully saturated rings. The minimum Gasteiger partial charge on any atom is -0.502 e. The van der Waals surface area contributed by atoms with Crippen molar-refractivity contribution in [2.24, 2.45) is 0 Å². The molecule has 0 heterocycles. The largest absolute Gasteiger partial charge is 0.502 e. The zero-order chi connectivity index (χ0) is 10.0. The molecule has 0 aliphatic heterocycles. The summed E-state index contributed by atoms with van der Waals surface area (Å²) in [6.07, 6.45) is 0. The molecule has 0 amide bonds. The molecule has 0 saturated heterocycles. The van der Waals surface area contributed by atoms with E-state index >= 15 is 0 Å². The average Bonchev–Trinajstić information content (AvgIpc) is 2.04. The Morgan fingerprint density at radius 1 is 1.14 bits per heavy atom. The molecule has 2 radical (unpaired) electrons. The van der Waals surface area contributed by atoms with Crippen LogP contribution in [-0.4, -0.2) is 15.0 Å². The molecule has 1 N–H and O–H groups in total. The quantitative estimate of drug-likeness (QED) is 0.562. The van der Waals surface area contributed by atoms with Crippen LogP contribution in [0.2, 0.25) is 0 Å². The predicted octanol–water partition coefficient (Wildman–Crippen LogP) is 1.09. The Labute approximate surface area is 77.0 Å². The number of aromatic hydroxyl groups is 1. The number of hydrogen-bond donors (Lipinski definition) is 1. The van der Waals surface area contributed by atoms with Crippen LogP contribution in [0.3, 0.4) is 0 Å². The first-order valence-electron chi connectivity index (χ1n) is 3.14. The Morgan fingerprint density at radius 3 is 2.14 bits per heavy atom. The first-order valence-corrected chi connectivity index (χ1v) is 3.14. The van der Waals surface area contributed by atoms with Gasteiger partial charge >= 0.3 is 5.69 Å². The van der Waals surface area contributed by atoms with Gasteiger partial charge in [-0.25, -0.2) is 0 Å². The number of benzene rings is 1. The molecule has 1 aromatic carbocycles. The number of nitro groups is 2. The summed E-state index contributed by atoms with van der Waals surface area (Å²) < 4.78 is 0. The lowest BCUT2D eigenvalue weighted by Gasteiger charge is -1.94. The van der Waals surface area contributed by atoms with Crippen molar-refractivity contribution in [3.63, 3.8) is 0 Å². The molecule has 0 bridgehead atoms. The number of nitro benzene ring substituents is 2. The smallest absolute Gasteiger partial charge is 0.317 e. The fraction of sp³-hybridized carbons (Fsp3) is 0. The molecular weight excluding hydrogens is 196 g/mol. The van der Waals surface area contributed by atoms with Gasteiger partial charge in [0.15, 0.2) is 5.75 Å². The summed E-state index contributed by atoms with van der Waals surface area (Å²) in [6, 6.07) is 2.61. The molecule has 0 spiro atoms. The van der Waals surface area contributed by atoms with E-state index in [2.05, 4.69) is 0 Å². The van der Waals surface area contributed by atoms with Crippen LogP contribution in [0.5, 0.6) is 5.75 Å². The second-order valence-electron chi connectivity index (χ2n) is 2.19. The van der Waals surface area contributed by atoms with Crippen molar-refractivity contribution in [1.82, 2.24) is 0 Å². The molecule has 14 heavy (non-hydrogen) atoms. The van der Waals surface area contributed by atoms with Crippen molar-refractivity contribution in [3.8, 4) is 5.75 Å².